The van der Waals surface area contributed by atoms with E-state index < -0.39 is 0 Å². The molecule has 3 rings (SSSR count). The molecule has 0 spiro atoms. The highest BCUT2D eigenvalue weighted by molar-refractivity contribution is 6.03. The summed E-state index contributed by atoms with van der Waals surface area (Å²) in [7, 11) is 0. The van der Waals surface area contributed by atoms with Crippen LogP contribution in [-0.4, -0.2) is 22.9 Å². The van der Waals surface area contributed by atoms with E-state index in [-0.39, 0.29) is 0 Å². The van der Waals surface area contributed by atoms with Gasteiger partial charge in [-0.1, -0.05) is 13.8 Å². The SMILES string of the molecule is CCNCCCn1ncc2ccc3oc(CC)cc3c21. The molecule has 2 aromatic heterocycles. The van der Waals surface area contributed by atoms with Gasteiger partial charge in [-0.3, -0.25) is 4.68 Å². The summed E-state index contributed by atoms with van der Waals surface area (Å²) in [5.74, 6) is 1.04. The number of fused-ring (bicyclic) bond motifs is 3. The Labute approximate surface area is 118 Å². The Balaban J connectivity index is 1.97. The molecule has 0 saturated carbocycles. The first kappa shape index (κ1) is 13.2. The van der Waals surface area contributed by atoms with E-state index in [1.165, 1.54) is 16.3 Å². The molecule has 3 aromatic rings. The first-order chi connectivity index (χ1) is 9.83. The average molecular weight is 271 g/mol. The zero-order chi connectivity index (χ0) is 13.9. The Morgan fingerprint density at radius 3 is 3.00 bits per heavy atom. The Morgan fingerprint density at radius 2 is 2.20 bits per heavy atom. The highest BCUT2D eigenvalue weighted by Gasteiger charge is 2.11. The second-order valence-corrected chi connectivity index (χ2v) is 5.06. The summed E-state index contributed by atoms with van der Waals surface area (Å²) in [6, 6.07) is 6.29. The van der Waals surface area contributed by atoms with E-state index in [0.717, 1.165) is 43.8 Å². The van der Waals surface area contributed by atoms with Crippen molar-refractivity contribution in [1.82, 2.24) is 15.1 Å². The quantitative estimate of drug-likeness (QED) is 0.699. The molecule has 1 N–H and O–H groups in total. The van der Waals surface area contributed by atoms with Gasteiger partial charge in [-0.15, -0.1) is 0 Å². The van der Waals surface area contributed by atoms with E-state index in [1.807, 2.05) is 12.3 Å². The van der Waals surface area contributed by atoms with Crippen molar-refractivity contribution in [2.45, 2.75) is 33.2 Å². The standard InChI is InChI=1S/C16H21N3O/c1-3-13-10-14-15(20-13)7-6-12-11-18-19(16(12)14)9-5-8-17-4-2/h6-7,10-11,17H,3-5,8-9H2,1-2H3. The van der Waals surface area contributed by atoms with Crippen molar-refractivity contribution in [3.05, 3.63) is 30.2 Å². The van der Waals surface area contributed by atoms with Gasteiger partial charge in [0.1, 0.15) is 11.3 Å². The summed E-state index contributed by atoms with van der Waals surface area (Å²) in [6.45, 7) is 7.22. The summed E-state index contributed by atoms with van der Waals surface area (Å²) < 4.78 is 7.94. The minimum atomic E-state index is 0.921. The molecular formula is C16H21N3O. The van der Waals surface area contributed by atoms with Crippen LogP contribution in [0.25, 0.3) is 21.9 Å². The summed E-state index contributed by atoms with van der Waals surface area (Å²) in [6.07, 6.45) is 3.95. The van der Waals surface area contributed by atoms with Crippen LogP contribution >= 0.6 is 0 Å². The average Bonchev–Trinajstić information content (AvgIpc) is 3.06. The minimum absolute atomic E-state index is 0.921. The maximum atomic E-state index is 5.84. The lowest BCUT2D eigenvalue weighted by atomic mass is 10.2. The van der Waals surface area contributed by atoms with Gasteiger partial charge < -0.3 is 9.73 Å². The van der Waals surface area contributed by atoms with E-state index in [1.54, 1.807) is 0 Å². The molecule has 1 aromatic carbocycles. The number of hydrogen-bond donors (Lipinski definition) is 1. The van der Waals surface area contributed by atoms with Crippen molar-refractivity contribution in [2.75, 3.05) is 13.1 Å². The highest BCUT2D eigenvalue weighted by atomic mass is 16.3. The third kappa shape index (κ3) is 2.31. The number of furan rings is 1. The van der Waals surface area contributed by atoms with Crippen molar-refractivity contribution in [3.8, 4) is 0 Å². The van der Waals surface area contributed by atoms with Gasteiger partial charge in [0.05, 0.1) is 11.7 Å². The van der Waals surface area contributed by atoms with Crippen molar-refractivity contribution >= 4 is 21.9 Å². The van der Waals surface area contributed by atoms with Crippen LogP contribution in [0.4, 0.5) is 0 Å². The second-order valence-electron chi connectivity index (χ2n) is 5.06. The molecule has 0 atom stereocenters. The van der Waals surface area contributed by atoms with Gasteiger partial charge in [-0.05, 0) is 37.7 Å². The predicted octanol–water partition coefficient (Wildman–Crippen LogP) is 3.34. The Hall–Kier alpha value is -1.81. The van der Waals surface area contributed by atoms with E-state index >= 15 is 0 Å². The molecule has 0 fully saturated rings. The molecule has 0 unspecified atom stereocenters. The predicted molar refractivity (Wildman–Crippen MR) is 82.0 cm³/mol. The highest BCUT2D eigenvalue weighted by Crippen LogP contribution is 2.28. The lowest BCUT2D eigenvalue weighted by Crippen LogP contribution is -2.16. The number of aryl methyl sites for hydroxylation is 2. The minimum Gasteiger partial charge on any atom is -0.461 e. The molecule has 20 heavy (non-hydrogen) atoms. The number of rotatable bonds is 6. The lowest BCUT2D eigenvalue weighted by molar-refractivity contribution is 0.556. The summed E-state index contributed by atoms with van der Waals surface area (Å²) >= 11 is 0. The molecule has 0 radical (unpaired) electrons. The van der Waals surface area contributed by atoms with E-state index in [9.17, 15) is 0 Å². The van der Waals surface area contributed by atoms with Crippen LogP contribution in [0, 0.1) is 0 Å². The van der Waals surface area contributed by atoms with Crippen molar-refractivity contribution in [1.29, 1.82) is 0 Å². The molecule has 106 valence electrons. The topological polar surface area (TPSA) is 43.0 Å². The van der Waals surface area contributed by atoms with Gasteiger partial charge in [0, 0.05) is 23.7 Å². The Kier molecular flexibility index (Phi) is 3.74. The van der Waals surface area contributed by atoms with Gasteiger partial charge in [0.2, 0.25) is 0 Å². The summed E-state index contributed by atoms with van der Waals surface area (Å²) in [5, 5.41) is 10.2. The van der Waals surface area contributed by atoms with Crippen LogP contribution in [0.1, 0.15) is 26.0 Å². The number of aromatic nitrogens is 2. The molecule has 0 aliphatic rings. The first-order valence-corrected chi connectivity index (χ1v) is 7.41. The fourth-order valence-corrected chi connectivity index (χ4v) is 2.62. The molecule has 4 heteroatoms. The Bertz CT molecular complexity index is 711. The fourth-order valence-electron chi connectivity index (χ4n) is 2.62. The van der Waals surface area contributed by atoms with Crippen molar-refractivity contribution in [3.63, 3.8) is 0 Å². The van der Waals surface area contributed by atoms with Crippen LogP contribution in [-0.2, 0) is 13.0 Å². The molecule has 0 bridgehead atoms. The van der Waals surface area contributed by atoms with Gasteiger partial charge in [0.15, 0.2) is 0 Å². The van der Waals surface area contributed by atoms with Gasteiger partial charge in [-0.25, -0.2) is 0 Å². The largest absolute Gasteiger partial charge is 0.461 e. The normalized spacial score (nSPS) is 11.7. The van der Waals surface area contributed by atoms with E-state index in [4.69, 9.17) is 4.42 Å². The molecule has 0 amide bonds. The third-order valence-electron chi connectivity index (χ3n) is 3.67. The van der Waals surface area contributed by atoms with Crippen LogP contribution in [0.15, 0.2) is 28.8 Å². The molecular weight excluding hydrogens is 250 g/mol. The zero-order valence-electron chi connectivity index (χ0n) is 12.1. The number of nitrogens with one attached hydrogen (secondary N) is 1. The zero-order valence-corrected chi connectivity index (χ0v) is 12.1. The van der Waals surface area contributed by atoms with Crippen LogP contribution < -0.4 is 5.32 Å². The summed E-state index contributed by atoms with van der Waals surface area (Å²) in [4.78, 5) is 0. The molecule has 0 aliphatic heterocycles. The molecule has 0 aliphatic carbocycles. The second kappa shape index (κ2) is 5.67. The van der Waals surface area contributed by atoms with Crippen LogP contribution in [0.3, 0.4) is 0 Å². The van der Waals surface area contributed by atoms with Gasteiger partial charge in [0.25, 0.3) is 0 Å². The molecule has 4 nitrogen and oxygen atoms in total. The molecule has 0 saturated heterocycles. The third-order valence-corrected chi connectivity index (χ3v) is 3.67. The van der Waals surface area contributed by atoms with Crippen molar-refractivity contribution < 1.29 is 4.42 Å². The van der Waals surface area contributed by atoms with Crippen LogP contribution in [0.2, 0.25) is 0 Å². The summed E-state index contributed by atoms with van der Waals surface area (Å²) in [5.41, 5.74) is 2.16. The maximum Gasteiger partial charge on any atom is 0.136 e. The smallest absolute Gasteiger partial charge is 0.136 e. The van der Waals surface area contributed by atoms with Crippen molar-refractivity contribution in [2.24, 2.45) is 0 Å². The Morgan fingerprint density at radius 1 is 1.30 bits per heavy atom. The fraction of sp³-hybridized carbons (Fsp3) is 0.438. The van der Waals surface area contributed by atoms with Gasteiger partial charge in [-0.2, -0.15) is 5.10 Å². The van der Waals surface area contributed by atoms with Gasteiger partial charge >= 0.3 is 0 Å². The van der Waals surface area contributed by atoms with E-state index in [2.05, 4.69) is 41.1 Å². The monoisotopic (exact) mass is 271 g/mol. The maximum absolute atomic E-state index is 5.84. The molecule has 2 heterocycles. The number of benzene rings is 1. The lowest BCUT2D eigenvalue weighted by Gasteiger charge is -2.04. The number of nitrogens with zero attached hydrogens (tertiary/aromatic N) is 2. The number of hydrogen-bond acceptors (Lipinski definition) is 3. The first-order valence-electron chi connectivity index (χ1n) is 7.41. The van der Waals surface area contributed by atoms with E-state index in [0.29, 0.717) is 0 Å². The van der Waals surface area contributed by atoms with Crippen LogP contribution in [0.5, 0.6) is 0 Å².